The largest absolute Gasteiger partial charge is 0.299 e. The Morgan fingerprint density at radius 1 is 0.636 bits per heavy atom. The van der Waals surface area contributed by atoms with Crippen molar-refractivity contribution in [2.75, 3.05) is 10.9 Å². The predicted octanol–water partition coefficient (Wildman–Crippen LogP) is 2.05. The fraction of sp³-hybridized carbons (Fsp3) is 0.125. The van der Waals surface area contributed by atoms with Crippen LogP contribution in [0.25, 0.3) is 0 Å². The maximum Gasteiger partial charge on any atom is 0.238 e. The molecule has 0 spiro atoms. The first-order valence-corrected chi connectivity index (χ1v) is 6.94. The summed E-state index contributed by atoms with van der Waals surface area (Å²) < 4.78 is 0. The van der Waals surface area contributed by atoms with Gasteiger partial charge in [0.1, 0.15) is 0 Å². The quantitative estimate of drug-likeness (QED) is 0.590. The Bertz CT molecular complexity index is 547. The molecule has 0 radical (unpaired) electrons. The molecule has 6 heteroatoms. The predicted molar refractivity (Wildman–Crippen MR) is 85.6 cm³/mol. The van der Waals surface area contributed by atoms with Crippen molar-refractivity contribution in [2.45, 2.75) is 12.8 Å². The molecule has 0 saturated carbocycles. The average molecular weight is 298 g/mol. The Balaban J connectivity index is 1.62. The number of hydrazine groups is 2. The van der Waals surface area contributed by atoms with Crippen LogP contribution < -0.4 is 21.7 Å². The van der Waals surface area contributed by atoms with Gasteiger partial charge in [-0.1, -0.05) is 36.4 Å². The maximum atomic E-state index is 11.6. The molecule has 0 bridgehead atoms. The van der Waals surface area contributed by atoms with E-state index in [4.69, 9.17) is 0 Å². The highest BCUT2D eigenvalue weighted by molar-refractivity contribution is 5.84. The van der Waals surface area contributed by atoms with Gasteiger partial charge in [0.25, 0.3) is 0 Å². The Morgan fingerprint density at radius 2 is 1.00 bits per heavy atom. The highest BCUT2D eigenvalue weighted by atomic mass is 16.2. The Morgan fingerprint density at radius 3 is 1.36 bits per heavy atom. The molecular formula is C16H18N4O2. The number of carbonyl (C=O) groups excluding carboxylic acids is 2. The van der Waals surface area contributed by atoms with Gasteiger partial charge in [-0.25, -0.2) is 0 Å². The molecule has 4 N–H and O–H groups in total. The van der Waals surface area contributed by atoms with Gasteiger partial charge in [0.15, 0.2) is 0 Å². The van der Waals surface area contributed by atoms with Crippen LogP contribution in [-0.2, 0) is 9.59 Å². The molecular weight excluding hydrogens is 280 g/mol. The molecule has 114 valence electrons. The van der Waals surface area contributed by atoms with Crippen molar-refractivity contribution in [3.05, 3.63) is 60.7 Å². The standard InChI is InChI=1S/C16H18N4O2/c21-15(19-17-13-7-3-1-4-8-13)11-12-16(22)20-18-14-9-5-2-6-10-14/h1-10,17-18H,11-12H2,(H,19,21)(H,20,22). The summed E-state index contributed by atoms with van der Waals surface area (Å²) in [7, 11) is 0. The molecule has 0 heterocycles. The van der Waals surface area contributed by atoms with Gasteiger partial charge >= 0.3 is 0 Å². The van der Waals surface area contributed by atoms with Crippen molar-refractivity contribution in [3.63, 3.8) is 0 Å². The minimum atomic E-state index is -0.251. The van der Waals surface area contributed by atoms with Crippen LogP contribution in [0.3, 0.4) is 0 Å². The van der Waals surface area contributed by atoms with Crippen LogP contribution in [0.2, 0.25) is 0 Å². The monoisotopic (exact) mass is 298 g/mol. The second-order valence-electron chi connectivity index (χ2n) is 4.58. The smallest absolute Gasteiger partial charge is 0.238 e. The normalized spacial score (nSPS) is 9.64. The number of carbonyl (C=O) groups is 2. The molecule has 0 fully saturated rings. The molecule has 2 aromatic rings. The van der Waals surface area contributed by atoms with Crippen LogP contribution >= 0.6 is 0 Å². The lowest BCUT2D eigenvalue weighted by Gasteiger charge is -2.09. The summed E-state index contributed by atoms with van der Waals surface area (Å²) in [6.45, 7) is 0. The molecule has 0 atom stereocenters. The van der Waals surface area contributed by atoms with Crippen molar-refractivity contribution in [2.24, 2.45) is 0 Å². The van der Waals surface area contributed by atoms with E-state index in [-0.39, 0.29) is 24.7 Å². The summed E-state index contributed by atoms with van der Waals surface area (Å²) in [6.07, 6.45) is 0.199. The molecule has 6 nitrogen and oxygen atoms in total. The minimum absolute atomic E-state index is 0.0993. The van der Waals surface area contributed by atoms with Gasteiger partial charge in [-0.05, 0) is 24.3 Å². The highest BCUT2D eigenvalue weighted by Crippen LogP contribution is 2.04. The zero-order chi connectivity index (χ0) is 15.6. The van der Waals surface area contributed by atoms with Crippen LogP contribution in [-0.4, -0.2) is 11.8 Å². The van der Waals surface area contributed by atoms with Gasteiger partial charge in [-0.2, -0.15) is 0 Å². The summed E-state index contributed by atoms with van der Waals surface area (Å²) in [4.78, 5) is 23.2. The van der Waals surface area contributed by atoms with Crippen molar-refractivity contribution < 1.29 is 9.59 Å². The zero-order valence-electron chi connectivity index (χ0n) is 12.0. The van der Waals surface area contributed by atoms with Crippen LogP contribution in [0.5, 0.6) is 0 Å². The van der Waals surface area contributed by atoms with Crippen molar-refractivity contribution in [1.82, 2.24) is 10.9 Å². The Kier molecular flexibility index (Phi) is 5.80. The van der Waals surface area contributed by atoms with Gasteiger partial charge in [0.2, 0.25) is 11.8 Å². The fourth-order valence-electron chi connectivity index (χ4n) is 1.68. The highest BCUT2D eigenvalue weighted by Gasteiger charge is 2.06. The van der Waals surface area contributed by atoms with E-state index in [1.54, 1.807) is 0 Å². The number of anilines is 2. The number of hydrogen-bond donors (Lipinski definition) is 4. The van der Waals surface area contributed by atoms with Gasteiger partial charge in [0.05, 0.1) is 11.4 Å². The summed E-state index contributed by atoms with van der Waals surface area (Å²) in [5.74, 6) is -0.502. The van der Waals surface area contributed by atoms with Gasteiger partial charge in [-0.3, -0.25) is 31.3 Å². The molecule has 0 aliphatic carbocycles. The summed E-state index contributed by atoms with van der Waals surface area (Å²) in [6, 6.07) is 18.5. The SMILES string of the molecule is O=C(CCC(=O)NNc1ccccc1)NNc1ccccc1. The first-order valence-electron chi connectivity index (χ1n) is 6.94. The lowest BCUT2D eigenvalue weighted by molar-refractivity contribution is -0.125. The van der Waals surface area contributed by atoms with Crippen LogP contribution in [0.1, 0.15) is 12.8 Å². The van der Waals surface area contributed by atoms with E-state index in [1.165, 1.54) is 0 Å². The molecule has 0 saturated heterocycles. The van der Waals surface area contributed by atoms with Gasteiger partial charge < -0.3 is 0 Å². The third-order valence-electron chi connectivity index (χ3n) is 2.82. The molecule has 0 aliphatic heterocycles. The van der Waals surface area contributed by atoms with Crippen LogP contribution in [0, 0.1) is 0 Å². The van der Waals surface area contributed by atoms with E-state index >= 15 is 0 Å². The number of hydrogen-bond acceptors (Lipinski definition) is 4. The van der Waals surface area contributed by atoms with Gasteiger partial charge in [-0.15, -0.1) is 0 Å². The van der Waals surface area contributed by atoms with E-state index in [9.17, 15) is 9.59 Å². The molecule has 22 heavy (non-hydrogen) atoms. The third kappa shape index (κ3) is 5.54. The number of benzene rings is 2. The topological polar surface area (TPSA) is 82.3 Å². The summed E-state index contributed by atoms with van der Waals surface area (Å²) >= 11 is 0. The molecule has 0 aromatic heterocycles. The summed E-state index contributed by atoms with van der Waals surface area (Å²) in [5.41, 5.74) is 12.2. The van der Waals surface area contributed by atoms with E-state index in [1.807, 2.05) is 60.7 Å². The van der Waals surface area contributed by atoms with Crippen molar-refractivity contribution in [1.29, 1.82) is 0 Å². The second-order valence-corrected chi connectivity index (χ2v) is 4.58. The lowest BCUT2D eigenvalue weighted by Crippen LogP contribution is -2.33. The number of rotatable bonds is 7. The fourth-order valence-corrected chi connectivity index (χ4v) is 1.68. The number of para-hydroxylation sites is 2. The van der Waals surface area contributed by atoms with Gasteiger partial charge in [0, 0.05) is 12.8 Å². The van der Waals surface area contributed by atoms with E-state index in [0.717, 1.165) is 11.4 Å². The van der Waals surface area contributed by atoms with E-state index in [0.29, 0.717) is 0 Å². The maximum absolute atomic E-state index is 11.6. The Hall–Kier alpha value is -3.02. The third-order valence-corrected chi connectivity index (χ3v) is 2.82. The molecule has 0 unspecified atom stereocenters. The lowest BCUT2D eigenvalue weighted by atomic mass is 10.3. The molecule has 2 amide bonds. The first kappa shape index (κ1) is 15.4. The van der Waals surface area contributed by atoms with Crippen molar-refractivity contribution >= 4 is 23.2 Å². The average Bonchev–Trinajstić information content (AvgIpc) is 2.58. The molecule has 2 rings (SSSR count). The first-order chi connectivity index (χ1) is 10.7. The van der Waals surface area contributed by atoms with Crippen LogP contribution in [0.4, 0.5) is 11.4 Å². The number of amides is 2. The molecule has 0 aliphatic rings. The Labute approximate surface area is 128 Å². The summed E-state index contributed by atoms with van der Waals surface area (Å²) in [5, 5.41) is 0. The van der Waals surface area contributed by atoms with Crippen LogP contribution in [0.15, 0.2) is 60.7 Å². The van der Waals surface area contributed by atoms with E-state index < -0.39 is 0 Å². The minimum Gasteiger partial charge on any atom is -0.299 e. The van der Waals surface area contributed by atoms with Crippen molar-refractivity contribution in [3.8, 4) is 0 Å². The second kappa shape index (κ2) is 8.31. The zero-order valence-corrected chi connectivity index (χ0v) is 12.0. The molecule has 2 aromatic carbocycles. The van der Waals surface area contributed by atoms with E-state index in [2.05, 4.69) is 21.7 Å². The number of nitrogens with one attached hydrogen (secondary N) is 4.